The zero-order chi connectivity index (χ0) is 18.0. The molecule has 1 aliphatic rings. The summed E-state index contributed by atoms with van der Waals surface area (Å²) < 4.78 is 38.8. The van der Waals surface area contributed by atoms with Crippen LogP contribution in [0.4, 0.5) is 13.2 Å². The van der Waals surface area contributed by atoms with Gasteiger partial charge >= 0.3 is 6.18 Å². The first-order chi connectivity index (χ1) is 11.0. The second kappa shape index (κ2) is 7.41. The number of aromatic nitrogens is 2. The third kappa shape index (κ3) is 5.75. The van der Waals surface area contributed by atoms with Gasteiger partial charge in [-0.2, -0.15) is 13.2 Å². The zero-order valence-electron chi connectivity index (χ0n) is 14.6. The van der Waals surface area contributed by atoms with Crippen LogP contribution in [0, 0.1) is 5.41 Å². The molecule has 1 aromatic heterocycles. The lowest BCUT2D eigenvalue weighted by Gasteiger charge is -2.37. The molecular weight excluding hydrogens is 321 g/mol. The van der Waals surface area contributed by atoms with E-state index in [4.69, 9.17) is 0 Å². The van der Waals surface area contributed by atoms with E-state index in [2.05, 4.69) is 14.8 Å². The van der Waals surface area contributed by atoms with Gasteiger partial charge in [-0.3, -0.25) is 9.80 Å². The van der Waals surface area contributed by atoms with Crippen LogP contribution in [0.5, 0.6) is 0 Å². The van der Waals surface area contributed by atoms with Crippen LogP contribution in [0.2, 0.25) is 0 Å². The Kier molecular flexibility index (Phi) is 5.93. The quantitative estimate of drug-likeness (QED) is 0.884. The van der Waals surface area contributed by atoms with Gasteiger partial charge in [0.2, 0.25) is 0 Å². The molecular formula is C16H27F3N4O. The van der Waals surface area contributed by atoms with Crippen LogP contribution in [-0.2, 0) is 13.1 Å². The van der Waals surface area contributed by atoms with Gasteiger partial charge < -0.3 is 9.67 Å². The summed E-state index contributed by atoms with van der Waals surface area (Å²) in [6.07, 6.45) is -1.85. The number of β-amino-alcohol motifs (C(OH)–C–C–N with tert-alkyl or cyclic N) is 1. The van der Waals surface area contributed by atoms with Gasteiger partial charge in [-0.1, -0.05) is 20.8 Å². The molecule has 138 valence electrons. The minimum absolute atomic E-state index is 0.153. The highest BCUT2D eigenvalue weighted by molar-refractivity contribution is 4.94. The fraction of sp³-hybridized carbons (Fsp3) is 0.812. The van der Waals surface area contributed by atoms with Crippen molar-refractivity contribution >= 4 is 0 Å². The Labute approximate surface area is 141 Å². The lowest BCUT2D eigenvalue weighted by atomic mass is 9.89. The third-order valence-corrected chi connectivity index (χ3v) is 4.41. The highest BCUT2D eigenvalue weighted by atomic mass is 19.4. The van der Waals surface area contributed by atoms with Crippen LogP contribution in [0.1, 0.15) is 26.6 Å². The maximum absolute atomic E-state index is 12.6. The molecule has 5 nitrogen and oxygen atoms in total. The summed E-state index contributed by atoms with van der Waals surface area (Å²) in [5.41, 5.74) is -0.153. The summed E-state index contributed by atoms with van der Waals surface area (Å²) in [6.45, 7) is 9.18. The number of halogens is 3. The van der Waals surface area contributed by atoms with E-state index in [-0.39, 0.29) is 5.41 Å². The van der Waals surface area contributed by atoms with Crippen molar-refractivity contribution in [1.82, 2.24) is 19.4 Å². The molecule has 1 aliphatic heterocycles. The average molecular weight is 348 g/mol. The Morgan fingerprint density at radius 2 is 1.71 bits per heavy atom. The van der Waals surface area contributed by atoms with Gasteiger partial charge in [-0.05, 0) is 5.41 Å². The Morgan fingerprint density at radius 1 is 1.12 bits per heavy atom. The summed E-state index contributed by atoms with van der Waals surface area (Å²) >= 11 is 0. The largest absolute Gasteiger partial charge is 0.406 e. The predicted octanol–water partition coefficient (Wildman–Crippen LogP) is 1.97. The molecule has 0 unspecified atom stereocenters. The van der Waals surface area contributed by atoms with Crippen molar-refractivity contribution in [2.75, 3.05) is 32.7 Å². The van der Waals surface area contributed by atoms with Gasteiger partial charge in [0.15, 0.2) is 0 Å². The Morgan fingerprint density at radius 3 is 2.25 bits per heavy atom. The van der Waals surface area contributed by atoms with Crippen molar-refractivity contribution in [3.8, 4) is 0 Å². The van der Waals surface area contributed by atoms with Crippen LogP contribution in [0.15, 0.2) is 12.4 Å². The molecule has 1 atom stereocenters. The van der Waals surface area contributed by atoms with Crippen LogP contribution >= 0.6 is 0 Å². The standard InChI is InChI=1S/C16H27F3N4O/c1-15(2,3)13(24)10-21-6-8-22(9-7-21)11-14-20-4-5-23(14)12-16(17,18)19/h4-5,13,24H,6-12H2,1-3H3/t13-/m1/s1. The van der Waals surface area contributed by atoms with E-state index >= 15 is 0 Å². The van der Waals surface area contributed by atoms with Gasteiger partial charge in [0, 0.05) is 45.1 Å². The Balaban J connectivity index is 1.83. The van der Waals surface area contributed by atoms with E-state index in [1.165, 1.54) is 12.4 Å². The van der Waals surface area contributed by atoms with Crippen LogP contribution < -0.4 is 0 Å². The number of aliphatic hydroxyl groups is 1. The number of imidazole rings is 1. The predicted molar refractivity (Wildman–Crippen MR) is 85.5 cm³/mol. The second-order valence-corrected chi connectivity index (χ2v) is 7.55. The highest BCUT2D eigenvalue weighted by Gasteiger charge is 2.30. The highest BCUT2D eigenvalue weighted by Crippen LogP contribution is 2.21. The average Bonchev–Trinajstić information content (AvgIpc) is 2.85. The second-order valence-electron chi connectivity index (χ2n) is 7.55. The van der Waals surface area contributed by atoms with Crippen molar-refractivity contribution in [2.45, 2.75) is 46.1 Å². The van der Waals surface area contributed by atoms with Gasteiger partial charge in [-0.15, -0.1) is 0 Å². The lowest BCUT2D eigenvalue weighted by molar-refractivity contribution is -0.141. The van der Waals surface area contributed by atoms with E-state index in [9.17, 15) is 18.3 Å². The van der Waals surface area contributed by atoms with Crippen molar-refractivity contribution in [3.63, 3.8) is 0 Å². The normalized spacial score (nSPS) is 19.6. The van der Waals surface area contributed by atoms with Crippen molar-refractivity contribution in [2.24, 2.45) is 5.41 Å². The molecule has 0 aliphatic carbocycles. The number of nitrogens with zero attached hydrogens (tertiary/aromatic N) is 4. The van der Waals surface area contributed by atoms with Gasteiger partial charge in [0.1, 0.15) is 12.4 Å². The number of rotatable bonds is 5. The van der Waals surface area contributed by atoms with E-state index in [1.807, 2.05) is 20.8 Å². The maximum Gasteiger partial charge on any atom is 0.406 e. The first kappa shape index (κ1) is 19.2. The van der Waals surface area contributed by atoms with Crippen LogP contribution in [-0.4, -0.2) is 69.5 Å². The summed E-state index contributed by atoms with van der Waals surface area (Å²) in [5, 5.41) is 10.2. The fourth-order valence-corrected chi connectivity index (χ4v) is 2.68. The Hall–Kier alpha value is -1.12. The lowest BCUT2D eigenvalue weighted by Crippen LogP contribution is -2.50. The third-order valence-electron chi connectivity index (χ3n) is 4.41. The van der Waals surface area contributed by atoms with Gasteiger partial charge in [-0.25, -0.2) is 4.98 Å². The monoisotopic (exact) mass is 348 g/mol. The Bertz CT molecular complexity index is 516. The van der Waals surface area contributed by atoms with Gasteiger partial charge in [0.05, 0.1) is 12.6 Å². The van der Waals surface area contributed by atoms with E-state index < -0.39 is 18.8 Å². The van der Waals surface area contributed by atoms with E-state index in [1.54, 1.807) is 0 Å². The number of hydrogen-bond acceptors (Lipinski definition) is 4. The molecule has 8 heteroatoms. The summed E-state index contributed by atoms with van der Waals surface area (Å²) in [5.74, 6) is 0.440. The molecule has 0 radical (unpaired) electrons. The SMILES string of the molecule is CC(C)(C)[C@H](O)CN1CCN(Cc2nccn2CC(F)(F)F)CC1. The minimum atomic E-state index is -4.24. The molecule has 0 amide bonds. The summed E-state index contributed by atoms with van der Waals surface area (Å²) in [4.78, 5) is 8.37. The van der Waals surface area contributed by atoms with E-state index in [0.717, 1.165) is 30.7 Å². The summed E-state index contributed by atoms with van der Waals surface area (Å²) in [7, 11) is 0. The van der Waals surface area contributed by atoms with Crippen LogP contribution in [0.25, 0.3) is 0 Å². The van der Waals surface area contributed by atoms with E-state index in [0.29, 0.717) is 18.9 Å². The van der Waals surface area contributed by atoms with Crippen LogP contribution in [0.3, 0.4) is 0 Å². The van der Waals surface area contributed by atoms with Gasteiger partial charge in [0.25, 0.3) is 0 Å². The molecule has 2 rings (SSSR count). The number of hydrogen-bond donors (Lipinski definition) is 1. The van der Waals surface area contributed by atoms with Crippen molar-refractivity contribution < 1.29 is 18.3 Å². The molecule has 1 saturated heterocycles. The molecule has 0 spiro atoms. The number of alkyl halides is 3. The molecule has 24 heavy (non-hydrogen) atoms. The molecule has 0 saturated carbocycles. The number of piperazine rings is 1. The molecule has 0 bridgehead atoms. The maximum atomic E-state index is 12.6. The first-order valence-electron chi connectivity index (χ1n) is 8.24. The fourth-order valence-electron chi connectivity index (χ4n) is 2.68. The zero-order valence-corrected chi connectivity index (χ0v) is 14.6. The summed E-state index contributed by atoms with van der Waals surface area (Å²) in [6, 6.07) is 0. The smallest absolute Gasteiger partial charge is 0.391 e. The first-order valence-corrected chi connectivity index (χ1v) is 8.24. The molecule has 1 fully saturated rings. The minimum Gasteiger partial charge on any atom is -0.391 e. The van der Waals surface area contributed by atoms with Crippen molar-refractivity contribution in [3.05, 3.63) is 18.2 Å². The molecule has 2 heterocycles. The molecule has 1 aromatic rings. The molecule has 1 N–H and O–H groups in total. The molecule has 0 aromatic carbocycles. The number of aliphatic hydroxyl groups excluding tert-OH is 1. The topological polar surface area (TPSA) is 44.5 Å². The van der Waals surface area contributed by atoms with Crippen molar-refractivity contribution in [1.29, 1.82) is 0 Å².